The zero-order valence-electron chi connectivity index (χ0n) is 17.0. The second-order valence-corrected chi connectivity index (χ2v) is 7.59. The van der Waals surface area contributed by atoms with Crippen LogP contribution in [0.15, 0.2) is 67.1 Å². The van der Waals surface area contributed by atoms with Gasteiger partial charge in [-0.1, -0.05) is 24.3 Å². The number of pyridine rings is 2. The molecule has 160 valence electrons. The van der Waals surface area contributed by atoms with Gasteiger partial charge >= 0.3 is 0 Å². The van der Waals surface area contributed by atoms with E-state index in [2.05, 4.69) is 30.1 Å². The number of nitrogen functional groups attached to an aromatic ring is 1. The number of benzene rings is 2. The van der Waals surface area contributed by atoms with Crippen molar-refractivity contribution >= 4 is 27.6 Å². The van der Waals surface area contributed by atoms with Crippen LogP contribution in [0.5, 0.6) is 0 Å². The van der Waals surface area contributed by atoms with Crippen LogP contribution in [0.1, 0.15) is 0 Å². The van der Waals surface area contributed by atoms with Crippen LogP contribution in [0, 0.1) is 11.6 Å². The Morgan fingerprint density at radius 2 is 1.73 bits per heavy atom. The van der Waals surface area contributed by atoms with Gasteiger partial charge in [-0.2, -0.15) is 5.10 Å². The van der Waals surface area contributed by atoms with E-state index in [1.54, 1.807) is 12.1 Å². The van der Waals surface area contributed by atoms with Crippen LogP contribution >= 0.6 is 0 Å². The highest BCUT2D eigenvalue weighted by Crippen LogP contribution is 2.34. The Labute approximate surface area is 185 Å². The van der Waals surface area contributed by atoms with Crippen LogP contribution in [-0.2, 0) is 0 Å². The molecule has 33 heavy (non-hydrogen) atoms. The maximum absolute atomic E-state index is 15.6. The summed E-state index contributed by atoms with van der Waals surface area (Å²) in [6.07, 6.45) is 4.49. The standard InChI is InChI=1S/C24H15F2N7/c25-14-4-1-3-12(7-14)16-5-2-6-17-22(16)31-24(30-17)23-19-18(32-33-23)11-29-21(20(19)26)13-8-15(27)10-28-9-13/h1-11H,27H2,(H,30,31)(H,32,33). The molecule has 0 amide bonds. The molecule has 4 aromatic heterocycles. The van der Waals surface area contributed by atoms with Crippen LogP contribution in [0.3, 0.4) is 0 Å². The molecule has 6 aromatic rings. The highest BCUT2D eigenvalue weighted by Gasteiger charge is 2.21. The van der Waals surface area contributed by atoms with Crippen molar-refractivity contribution in [1.82, 2.24) is 30.1 Å². The number of nitrogens with one attached hydrogen (secondary N) is 2. The van der Waals surface area contributed by atoms with E-state index in [4.69, 9.17) is 5.73 Å². The first-order chi connectivity index (χ1) is 16.1. The Morgan fingerprint density at radius 3 is 2.58 bits per heavy atom. The lowest BCUT2D eigenvalue weighted by molar-refractivity contribution is 0.628. The predicted molar refractivity (Wildman–Crippen MR) is 122 cm³/mol. The summed E-state index contributed by atoms with van der Waals surface area (Å²) in [5.41, 5.74) is 10.3. The molecule has 0 saturated carbocycles. The number of para-hydroxylation sites is 1. The van der Waals surface area contributed by atoms with Gasteiger partial charge in [-0.25, -0.2) is 13.8 Å². The fourth-order valence-corrected chi connectivity index (χ4v) is 3.97. The van der Waals surface area contributed by atoms with Crippen molar-refractivity contribution in [2.45, 2.75) is 0 Å². The van der Waals surface area contributed by atoms with E-state index in [9.17, 15) is 4.39 Å². The minimum absolute atomic E-state index is 0.113. The lowest BCUT2D eigenvalue weighted by atomic mass is 10.0. The van der Waals surface area contributed by atoms with Crippen molar-refractivity contribution in [3.05, 3.63) is 78.8 Å². The molecule has 0 bridgehead atoms. The normalized spacial score (nSPS) is 11.5. The number of aromatic nitrogens is 6. The molecule has 0 aliphatic carbocycles. The van der Waals surface area contributed by atoms with Gasteiger partial charge in [0.15, 0.2) is 11.6 Å². The first-order valence-corrected chi connectivity index (χ1v) is 10.1. The van der Waals surface area contributed by atoms with Crippen molar-refractivity contribution in [2.75, 3.05) is 5.73 Å². The molecule has 0 aliphatic heterocycles. The van der Waals surface area contributed by atoms with Gasteiger partial charge in [0, 0.05) is 23.5 Å². The van der Waals surface area contributed by atoms with Gasteiger partial charge in [0.2, 0.25) is 0 Å². The number of nitrogens with two attached hydrogens (primary N) is 1. The third-order valence-electron chi connectivity index (χ3n) is 5.45. The number of hydrogen-bond donors (Lipinski definition) is 3. The molecule has 0 fully saturated rings. The molecule has 4 N–H and O–H groups in total. The lowest BCUT2D eigenvalue weighted by Crippen LogP contribution is -1.94. The summed E-state index contributed by atoms with van der Waals surface area (Å²) < 4.78 is 29.4. The molecule has 0 spiro atoms. The summed E-state index contributed by atoms with van der Waals surface area (Å²) >= 11 is 0. The van der Waals surface area contributed by atoms with E-state index in [1.807, 2.05) is 24.3 Å². The third kappa shape index (κ3) is 3.09. The predicted octanol–water partition coefficient (Wildman–Crippen LogP) is 5.09. The fourth-order valence-electron chi connectivity index (χ4n) is 3.97. The second kappa shape index (κ2) is 7.20. The monoisotopic (exact) mass is 439 g/mol. The number of imidazole rings is 1. The maximum atomic E-state index is 15.6. The number of anilines is 1. The summed E-state index contributed by atoms with van der Waals surface area (Å²) in [4.78, 5) is 16.1. The molecule has 0 unspecified atom stereocenters. The van der Waals surface area contributed by atoms with E-state index in [-0.39, 0.29) is 16.9 Å². The Morgan fingerprint density at radius 1 is 0.848 bits per heavy atom. The average molecular weight is 439 g/mol. The van der Waals surface area contributed by atoms with Gasteiger partial charge in [-0.15, -0.1) is 0 Å². The minimum Gasteiger partial charge on any atom is -0.397 e. The zero-order chi connectivity index (χ0) is 22.5. The van der Waals surface area contributed by atoms with Gasteiger partial charge in [0.05, 0.1) is 33.8 Å². The van der Waals surface area contributed by atoms with E-state index in [0.29, 0.717) is 39.4 Å². The average Bonchev–Trinajstić information content (AvgIpc) is 3.43. The van der Waals surface area contributed by atoms with E-state index in [1.165, 1.54) is 30.7 Å². The van der Waals surface area contributed by atoms with Crippen LogP contribution in [0.4, 0.5) is 14.5 Å². The number of fused-ring (bicyclic) bond motifs is 2. The Bertz CT molecular complexity index is 1670. The Hall–Kier alpha value is -4.66. The van der Waals surface area contributed by atoms with Crippen molar-refractivity contribution in [3.63, 3.8) is 0 Å². The van der Waals surface area contributed by atoms with Gasteiger partial charge < -0.3 is 10.7 Å². The number of hydrogen-bond acceptors (Lipinski definition) is 5. The third-order valence-corrected chi connectivity index (χ3v) is 5.45. The lowest BCUT2D eigenvalue weighted by Gasteiger charge is -2.04. The maximum Gasteiger partial charge on any atom is 0.161 e. The van der Waals surface area contributed by atoms with Gasteiger partial charge in [-0.05, 0) is 29.8 Å². The molecule has 2 aromatic carbocycles. The van der Waals surface area contributed by atoms with Crippen molar-refractivity contribution in [3.8, 4) is 33.9 Å². The summed E-state index contributed by atoms with van der Waals surface area (Å²) in [6, 6.07) is 13.5. The molecule has 7 nitrogen and oxygen atoms in total. The van der Waals surface area contributed by atoms with Crippen LogP contribution in [-0.4, -0.2) is 30.1 Å². The second-order valence-electron chi connectivity index (χ2n) is 7.59. The summed E-state index contributed by atoms with van der Waals surface area (Å²) in [5.74, 6) is -0.520. The minimum atomic E-state index is -0.561. The number of H-pyrrole nitrogens is 2. The fraction of sp³-hybridized carbons (Fsp3) is 0. The van der Waals surface area contributed by atoms with Gasteiger partial charge in [0.25, 0.3) is 0 Å². The SMILES string of the molecule is Nc1cncc(-c2ncc3[nH]nc(-c4nc5c(-c6cccc(F)c6)cccc5[nH]4)c3c2F)c1. The highest BCUT2D eigenvalue weighted by atomic mass is 19.1. The molecule has 0 radical (unpaired) electrons. The van der Waals surface area contributed by atoms with E-state index < -0.39 is 5.82 Å². The Kier molecular flexibility index (Phi) is 4.16. The molecule has 6 rings (SSSR count). The molecule has 0 atom stereocenters. The number of rotatable bonds is 3. The van der Waals surface area contributed by atoms with Gasteiger partial charge in [0.1, 0.15) is 17.2 Å². The number of nitrogens with zero attached hydrogens (tertiary/aromatic N) is 4. The molecular formula is C24H15F2N7. The first kappa shape index (κ1) is 19.1. The van der Waals surface area contributed by atoms with Gasteiger partial charge in [-0.3, -0.25) is 15.1 Å². The van der Waals surface area contributed by atoms with Crippen molar-refractivity contribution in [1.29, 1.82) is 0 Å². The number of aromatic amines is 2. The smallest absolute Gasteiger partial charge is 0.161 e. The molecule has 0 aliphatic rings. The zero-order valence-corrected chi connectivity index (χ0v) is 17.0. The quantitative estimate of drug-likeness (QED) is 0.356. The summed E-state index contributed by atoms with van der Waals surface area (Å²) in [7, 11) is 0. The van der Waals surface area contributed by atoms with E-state index in [0.717, 1.165) is 11.1 Å². The highest BCUT2D eigenvalue weighted by molar-refractivity contribution is 5.98. The summed E-state index contributed by atoms with van der Waals surface area (Å²) in [6.45, 7) is 0. The van der Waals surface area contributed by atoms with E-state index >= 15 is 4.39 Å². The summed E-state index contributed by atoms with van der Waals surface area (Å²) in [5, 5.41) is 7.35. The van der Waals surface area contributed by atoms with Crippen LogP contribution in [0.2, 0.25) is 0 Å². The molecule has 4 heterocycles. The van der Waals surface area contributed by atoms with Crippen molar-refractivity contribution in [2.24, 2.45) is 0 Å². The topological polar surface area (TPSA) is 109 Å². The largest absolute Gasteiger partial charge is 0.397 e. The molecule has 9 heteroatoms. The number of halogens is 2. The van der Waals surface area contributed by atoms with Crippen LogP contribution < -0.4 is 5.73 Å². The first-order valence-electron chi connectivity index (χ1n) is 10.1. The molecular weight excluding hydrogens is 424 g/mol. The van der Waals surface area contributed by atoms with Crippen molar-refractivity contribution < 1.29 is 8.78 Å². The van der Waals surface area contributed by atoms with Crippen LogP contribution in [0.25, 0.3) is 55.8 Å². The Balaban J connectivity index is 1.55. The molecule has 0 saturated heterocycles.